The molecule has 0 aliphatic carbocycles. The summed E-state index contributed by atoms with van der Waals surface area (Å²) in [5, 5.41) is 12.8. The highest BCUT2D eigenvalue weighted by Crippen LogP contribution is 2.18. The van der Waals surface area contributed by atoms with Crippen LogP contribution in [-0.2, 0) is 0 Å². The Labute approximate surface area is 118 Å². The van der Waals surface area contributed by atoms with E-state index in [1.807, 2.05) is 22.6 Å². The molecule has 1 heterocycles. The molecule has 0 radical (unpaired) electrons. The number of nitrogens with zero attached hydrogens (tertiary/aromatic N) is 1. The molecule has 1 aliphatic heterocycles. The maximum atomic E-state index is 13.0. The molecule has 0 aromatic heterocycles. The number of likely N-dealkylation sites (N-methyl/N-ethyl adjacent to an activating group) is 1. The van der Waals surface area contributed by atoms with E-state index >= 15 is 0 Å². The Kier molecular flexibility index (Phi) is 4.18. The van der Waals surface area contributed by atoms with Crippen LogP contribution in [0.5, 0.6) is 0 Å². The molecular formula is C12H14FIN2O2. The highest BCUT2D eigenvalue weighted by molar-refractivity contribution is 14.1. The van der Waals surface area contributed by atoms with Crippen molar-refractivity contribution in [3.8, 4) is 0 Å². The van der Waals surface area contributed by atoms with Gasteiger partial charge in [0, 0.05) is 23.7 Å². The van der Waals surface area contributed by atoms with Crippen molar-refractivity contribution >= 4 is 28.5 Å². The molecule has 2 N–H and O–H groups in total. The summed E-state index contributed by atoms with van der Waals surface area (Å²) in [5.74, 6) is -0.562. The Morgan fingerprint density at radius 1 is 1.56 bits per heavy atom. The van der Waals surface area contributed by atoms with Crippen molar-refractivity contribution in [3.05, 3.63) is 33.1 Å². The lowest BCUT2D eigenvalue weighted by molar-refractivity contribution is 0.0580. The van der Waals surface area contributed by atoms with E-state index < -0.39 is 6.10 Å². The zero-order valence-electron chi connectivity index (χ0n) is 9.86. The minimum atomic E-state index is -0.558. The number of hydrogen-bond acceptors (Lipinski definition) is 3. The maximum absolute atomic E-state index is 13.0. The molecule has 4 nitrogen and oxygen atoms in total. The number of β-amino-alcohol motifs (C(OH)–C–C–N with tert-alkyl or cyclic N) is 1. The largest absolute Gasteiger partial charge is 0.390 e. The average molecular weight is 364 g/mol. The van der Waals surface area contributed by atoms with Crippen molar-refractivity contribution in [2.24, 2.45) is 0 Å². The van der Waals surface area contributed by atoms with Crippen LogP contribution in [0.1, 0.15) is 10.4 Å². The van der Waals surface area contributed by atoms with Crippen LogP contribution in [-0.4, -0.2) is 48.2 Å². The van der Waals surface area contributed by atoms with Crippen molar-refractivity contribution in [2.45, 2.75) is 12.1 Å². The Morgan fingerprint density at radius 2 is 2.28 bits per heavy atom. The zero-order valence-corrected chi connectivity index (χ0v) is 12.0. The first-order valence-corrected chi connectivity index (χ1v) is 6.69. The molecule has 0 saturated carbocycles. The van der Waals surface area contributed by atoms with E-state index in [9.17, 15) is 14.3 Å². The fourth-order valence-corrected chi connectivity index (χ4v) is 2.76. The highest BCUT2D eigenvalue weighted by atomic mass is 127. The van der Waals surface area contributed by atoms with Gasteiger partial charge in [0.25, 0.3) is 5.91 Å². The summed E-state index contributed by atoms with van der Waals surface area (Å²) < 4.78 is 13.6. The van der Waals surface area contributed by atoms with Crippen LogP contribution < -0.4 is 5.32 Å². The second-order valence-corrected chi connectivity index (χ2v) is 5.50. The standard InChI is InChI=1S/C12H14FIN2O2/c1-16(10-5-15-6-11(10)17)12(18)8-3-2-7(13)4-9(8)14/h2-4,10-11,15,17H,5-6H2,1H3/t10-,11-/m0/s1. The third-order valence-electron chi connectivity index (χ3n) is 3.13. The van der Waals surface area contributed by atoms with E-state index in [4.69, 9.17) is 0 Å². The van der Waals surface area contributed by atoms with Gasteiger partial charge in [-0.15, -0.1) is 0 Å². The number of hydrogen-bond donors (Lipinski definition) is 2. The van der Waals surface area contributed by atoms with Crippen LogP contribution in [0, 0.1) is 9.39 Å². The molecule has 1 fully saturated rings. The zero-order chi connectivity index (χ0) is 13.3. The SMILES string of the molecule is CN(C(=O)c1ccc(F)cc1I)[C@H]1CNC[C@@H]1O. The smallest absolute Gasteiger partial charge is 0.255 e. The lowest BCUT2D eigenvalue weighted by Crippen LogP contribution is -2.44. The molecule has 1 aromatic rings. The number of carbonyl (C=O) groups is 1. The number of aliphatic hydroxyl groups is 1. The first kappa shape index (κ1) is 13.7. The second-order valence-electron chi connectivity index (χ2n) is 4.33. The molecule has 18 heavy (non-hydrogen) atoms. The van der Waals surface area contributed by atoms with Gasteiger partial charge in [-0.25, -0.2) is 4.39 Å². The molecule has 98 valence electrons. The van der Waals surface area contributed by atoms with Gasteiger partial charge in [0.15, 0.2) is 0 Å². The average Bonchev–Trinajstić information content (AvgIpc) is 2.74. The van der Waals surface area contributed by atoms with Gasteiger partial charge in [-0.05, 0) is 40.8 Å². The third kappa shape index (κ3) is 2.65. The van der Waals surface area contributed by atoms with Gasteiger partial charge >= 0.3 is 0 Å². The first-order valence-electron chi connectivity index (χ1n) is 5.61. The fraction of sp³-hybridized carbons (Fsp3) is 0.417. The molecule has 1 aromatic carbocycles. The monoisotopic (exact) mass is 364 g/mol. The van der Waals surface area contributed by atoms with Gasteiger partial charge in [-0.3, -0.25) is 4.79 Å². The van der Waals surface area contributed by atoms with E-state index in [-0.39, 0.29) is 17.8 Å². The molecule has 6 heteroatoms. The Morgan fingerprint density at radius 3 is 2.83 bits per heavy atom. The molecular weight excluding hydrogens is 350 g/mol. The van der Waals surface area contributed by atoms with Gasteiger partial charge in [0.05, 0.1) is 17.7 Å². The Balaban J connectivity index is 2.20. The van der Waals surface area contributed by atoms with Crippen LogP contribution in [0.15, 0.2) is 18.2 Å². The van der Waals surface area contributed by atoms with Crippen molar-refractivity contribution in [1.82, 2.24) is 10.2 Å². The normalized spacial score (nSPS) is 23.1. The van der Waals surface area contributed by atoms with Crippen LogP contribution in [0.25, 0.3) is 0 Å². The van der Waals surface area contributed by atoms with E-state index in [1.54, 1.807) is 7.05 Å². The fourth-order valence-electron chi connectivity index (χ4n) is 2.05. The van der Waals surface area contributed by atoms with Crippen LogP contribution in [0.3, 0.4) is 0 Å². The minimum Gasteiger partial charge on any atom is -0.390 e. The van der Waals surface area contributed by atoms with Crippen LogP contribution in [0.2, 0.25) is 0 Å². The summed E-state index contributed by atoms with van der Waals surface area (Å²) in [5.41, 5.74) is 0.457. The predicted octanol–water partition coefficient (Wildman–Crippen LogP) is 0.835. The van der Waals surface area contributed by atoms with E-state index in [0.717, 1.165) is 0 Å². The van der Waals surface area contributed by atoms with Crippen LogP contribution in [0.4, 0.5) is 4.39 Å². The van der Waals surface area contributed by atoms with Crippen LogP contribution >= 0.6 is 22.6 Å². The third-order valence-corrected chi connectivity index (χ3v) is 4.02. The number of amides is 1. The summed E-state index contributed by atoms with van der Waals surface area (Å²) in [4.78, 5) is 13.8. The summed E-state index contributed by atoms with van der Waals surface area (Å²) in [7, 11) is 1.66. The van der Waals surface area contributed by atoms with E-state index in [1.165, 1.54) is 23.1 Å². The maximum Gasteiger partial charge on any atom is 0.255 e. The predicted molar refractivity (Wildman–Crippen MR) is 73.9 cm³/mol. The van der Waals surface area contributed by atoms with Gasteiger partial charge < -0.3 is 15.3 Å². The van der Waals surface area contributed by atoms with Gasteiger partial charge in [0.2, 0.25) is 0 Å². The molecule has 0 bridgehead atoms. The van der Waals surface area contributed by atoms with Gasteiger partial charge in [0.1, 0.15) is 5.82 Å². The summed E-state index contributed by atoms with van der Waals surface area (Å²) >= 11 is 1.94. The van der Waals surface area contributed by atoms with Crippen molar-refractivity contribution in [1.29, 1.82) is 0 Å². The molecule has 0 unspecified atom stereocenters. The number of carbonyl (C=O) groups excluding carboxylic acids is 1. The first-order chi connectivity index (χ1) is 8.50. The Bertz CT molecular complexity index is 469. The van der Waals surface area contributed by atoms with Gasteiger partial charge in [-0.1, -0.05) is 0 Å². The van der Waals surface area contributed by atoms with Crippen molar-refractivity contribution < 1.29 is 14.3 Å². The quantitative estimate of drug-likeness (QED) is 0.765. The summed E-state index contributed by atoms with van der Waals surface area (Å²) in [6, 6.07) is 3.83. The number of halogens is 2. The molecule has 0 spiro atoms. The van der Waals surface area contributed by atoms with Crippen molar-refractivity contribution in [2.75, 3.05) is 20.1 Å². The van der Waals surface area contributed by atoms with E-state index in [2.05, 4.69) is 5.32 Å². The number of aliphatic hydroxyl groups excluding tert-OH is 1. The lowest BCUT2D eigenvalue weighted by atomic mass is 10.1. The summed E-state index contributed by atoms with van der Waals surface area (Å²) in [6.07, 6.45) is -0.558. The second kappa shape index (κ2) is 5.50. The number of benzene rings is 1. The lowest BCUT2D eigenvalue weighted by Gasteiger charge is -2.26. The molecule has 2 rings (SSSR count). The Hall–Kier alpha value is -0.730. The minimum absolute atomic E-state index is 0.202. The number of rotatable bonds is 2. The molecule has 1 amide bonds. The topological polar surface area (TPSA) is 52.6 Å². The highest BCUT2D eigenvalue weighted by Gasteiger charge is 2.32. The van der Waals surface area contributed by atoms with E-state index in [0.29, 0.717) is 22.2 Å². The summed E-state index contributed by atoms with van der Waals surface area (Å²) in [6.45, 7) is 1.06. The van der Waals surface area contributed by atoms with Gasteiger partial charge in [-0.2, -0.15) is 0 Å². The van der Waals surface area contributed by atoms with Crippen molar-refractivity contribution in [3.63, 3.8) is 0 Å². The molecule has 1 saturated heterocycles. The molecule has 1 aliphatic rings. The molecule has 2 atom stereocenters. The number of nitrogens with one attached hydrogen (secondary N) is 1.